The summed E-state index contributed by atoms with van der Waals surface area (Å²) >= 11 is 1.83. The zero-order valence-corrected chi connectivity index (χ0v) is 14.6. The van der Waals surface area contributed by atoms with E-state index in [1.54, 1.807) is 13.8 Å². The lowest BCUT2D eigenvalue weighted by Crippen LogP contribution is -2.42. The fraction of sp³-hybridized carbons (Fsp3) is 0.562. The molecular formula is C16H22F3N3OS. The number of rotatable bonds is 4. The van der Waals surface area contributed by atoms with Gasteiger partial charge in [0.05, 0.1) is 18.2 Å². The third-order valence-corrected chi connectivity index (χ3v) is 4.45. The summed E-state index contributed by atoms with van der Waals surface area (Å²) in [4.78, 5) is 6.06. The molecule has 0 atom stereocenters. The van der Waals surface area contributed by atoms with Gasteiger partial charge in [0.25, 0.3) is 0 Å². The number of aliphatic imine (C=N–C) groups is 1. The van der Waals surface area contributed by atoms with Gasteiger partial charge in [-0.1, -0.05) is 6.07 Å². The molecule has 0 aliphatic carbocycles. The van der Waals surface area contributed by atoms with E-state index in [1.807, 2.05) is 16.7 Å². The SMILES string of the molecule is CC(C)Oc1ccc(CN=C(N)N2CCSCC2)c(C(F)(F)F)c1. The lowest BCUT2D eigenvalue weighted by Gasteiger charge is -2.27. The second-order valence-corrected chi connectivity index (χ2v) is 6.98. The molecule has 0 spiro atoms. The third kappa shape index (κ3) is 5.22. The van der Waals surface area contributed by atoms with E-state index in [1.165, 1.54) is 12.1 Å². The van der Waals surface area contributed by atoms with Crippen molar-refractivity contribution in [1.82, 2.24) is 4.90 Å². The highest BCUT2D eigenvalue weighted by Crippen LogP contribution is 2.35. The van der Waals surface area contributed by atoms with Crippen molar-refractivity contribution in [1.29, 1.82) is 0 Å². The Morgan fingerprint density at radius 2 is 2.00 bits per heavy atom. The Morgan fingerprint density at radius 1 is 1.33 bits per heavy atom. The van der Waals surface area contributed by atoms with Crippen molar-refractivity contribution in [3.63, 3.8) is 0 Å². The molecule has 8 heteroatoms. The van der Waals surface area contributed by atoms with Crippen molar-refractivity contribution < 1.29 is 17.9 Å². The van der Waals surface area contributed by atoms with E-state index in [-0.39, 0.29) is 24.0 Å². The number of ether oxygens (including phenoxy) is 1. The van der Waals surface area contributed by atoms with Crippen LogP contribution in [0.2, 0.25) is 0 Å². The van der Waals surface area contributed by atoms with Crippen molar-refractivity contribution in [3.8, 4) is 5.75 Å². The van der Waals surface area contributed by atoms with Crippen LogP contribution in [0.3, 0.4) is 0 Å². The molecule has 0 amide bonds. The van der Waals surface area contributed by atoms with Crippen molar-refractivity contribution >= 4 is 17.7 Å². The van der Waals surface area contributed by atoms with Crippen LogP contribution in [0.25, 0.3) is 0 Å². The maximum Gasteiger partial charge on any atom is 0.416 e. The second-order valence-electron chi connectivity index (χ2n) is 5.76. The predicted octanol–water partition coefficient (Wildman–Crippen LogP) is 3.36. The number of benzene rings is 1. The molecule has 1 aliphatic heterocycles. The van der Waals surface area contributed by atoms with Gasteiger partial charge in [0.1, 0.15) is 5.75 Å². The maximum atomic E-state index is 13.3. The predicted molar refractivity (Wildman–Crippen MR) is 91.4 cm³/mol. The first kappa shape index (κ1) is 18.8. The van der Waals surface area contributed by atoms with E-state index in [0.717, 1.165) is 30.7 Å². The van der Waals surface area contributed by atoms with Crippen molar-refractivity contribution in [2.75, 3.05) is 24.6 Å². The van der Waals surface area contributed by atoms with Gasteiger partial charge in [-0.2, -0.15) is 24.9 Å². The van der Waals surface area contributed by atoms with Crippen LogP contribution in [-0.2, 0) is 12.7 Å². The zero-order valence-electron chi connectivity index (χ0n) is 13.8. The molecule has 1 heterocycles. The first-order valence-corrected chi connectivity index (χ1v) is 8.92. The molecule has 24 heavy (non-hydrogen) atoms. The Kier molecular flexibility index (Phi) is 6.26. The molecule has 1 aromatic carbocycles. The number of guanidine groups is 1. The van der Waals surface area contributed by atoms with Gasteiger partial charge in [0.2, 0.25) is 0 Å². The van der Waals surface area contributed by atoms with E-state index >= 15 is 0 Å². The van der Waals surface area contributed by atoms with E-state index in [0.29, 0.717) is 5.96 Å². The summed E-state index contributed by atoms with van der Waals surface area (Å²) in [5.74, 6) is 2.40. The van der Waals surface area contributed by atoms with Gasteiger partial charge in [-0.15, -0.1) is 0 Å². The van der Waals surface area contributed by atoms with Gasteiger partial charge in [0, 0.05) is 24.6 Å². The average molecular weight is 361 g/mol. The number of nitrogens with zero attached hydrogens (tertiary/aromatic N) is 2. The summed E-state index contributed by atoms with van der Waals surface area (Å²) in [5, 5.41) is 0. The van der Waals surface area contributed by atoms with E-state index in [2.05, 4.69) is 4.99 Å². The summed E-state index contributed by atoms with van der Waals surface area (Å²) in [7, 11) is 0. The van der Waals surface area contributed by atoms with E-state index in [4.69, 9.17) is 10.5 Å². The first-order valence-electron chi connectivity index (χ1n) is 7.76. The standard InChI is InChI=1S/C16H22F3N3OS/c1-11(2)23-13-4-3-12(14(9-13)16(17,18)19)10-21-15(20)22-5-7-24-8-6-22/h3-4,9,11H,5-8,10H2,1-2H3,(H2,20,21). The number of alkyl halides is 3. The van der Waals surface area contributed by atoms with Crippen LogP contribution in [0.15, 0.2) is 23.2 Å². The molecule has 134 valence electrons. The summed E-state index contributed by atoms with van der Waals surface area (Å²) in [5.41, 5.74) is 5.27. The Balaban J connectivity index is 2.19. The van der Waals surface area contributed by atoms with Crippen LogP contribution in [0.5, 0.6) is 5.75 Å². The van der Waals surface area contributed by atoms with Crippen LogP contribution in [-0.4, -0.2) is 41.6 Å². The second kappa shape index (κ2) is 8.00. The third-order valence-electron chi connectivity index (χ3n) is 3.50. The van der Waals surface area contributed by atoms with Gasteiger partial charge in [-0.3, -0.25) is 0 Å². The zero-order chi connectivity index (χ0) is 17.7. The average Bonchev–Trinajstić information content (AvgIpc) is 2.52. The lowest BCUT2D eigenvalue weighted by atomic mass is 10.1. The summed E-state index contributed by atoms with van der Waals surface area (Å²) in [6, 6.07) is 3.97. The highest BCUT2D eigenvalue weighted by atomic mass is 32.2. The van der Waals surface area contributed by atoms with Crippen molar-refractivity contribution in [2.45, 2.75) is 32.7 Å². The monoisotopic (exact) mass is 361 g/mol. The quantitative estimate of drug-likeness (QED) is 0.660. The van der Waals surface area contributed by atoms with Crippen LogP contribution in [0.1, 0.15) is 25.0 Å². The minimum absolute atomic E-state index is 0.0907. The Hall–Kier alpha value is -1.57. The molecule has 1 fully saturated rings. The minimum Gasteiger partial charge on any atom is -0.491 e. The minimum atomic E-state index is -4.46. The number of nitrogens with two attached hydrogens (primary N) is 1. The molecule has 1 aliphatic rings. The molecule has 2 rings (SSSR count). The molecule has 0 bridgehead atoms. The fourth-order valence-corrected chi connectivity index (χ4v) is 3.26. The Morgan fingerprint density at radius 3 is 2.58 bits per heavy atom. The summed E-state index contributed by atoms with van der Waals surface area (Å²) < 4.78 is 45.2. The van der Waals surface area contributed by atoms with E-state index < -0.39 is 11.7 Å². The molecule has 0 saturated carbocycles. The van der Waals surface area contributed by atoms with Crippen LogP contribution in [0.4, 0.5) is 13.2 Å². The number of halogens is 3. The van der Waals surface area contributed by atoms with E-state index in [9.17, 15) is 13.2 Å². The summed E-state index contributed by atoms with van der Waals surface area (Å²) in [6.07, 6.45) is -4.65. The topological polar surface area (TPSA) is 50.9 Å². The number of hydrogen-bond donors (Lipinski definition) is 1. The molecule has 0 radical (unpaired) electrons. The normalized spacial score (nSPS) is 16.6. The van der Waals surface area contributed by atoms with Gasteiger partial charge < -0.3 is 15.4 Å². The smallest absolute Gasteiger partial charge is 0.416 e. The van der Waals surface area contributed by atoms with Crippen molar-refractivity contribution in [2.24, 2.45) is 10.7 Å². The van der Waals surface area contributed by atoms with Crippen LogP contribution in [0, 0.1) is 0 Å². The van der Waals surface area contributed by atoms with Gasteiger partial charge in [0.15, 0.2) is 5.96 Å². The van der Waals surface area contributed by atoms with Gasteiger partial charge >= 0.3 is 6.18 Å². The number of hydrogen-bond acceptors (Lipinski definition) is 3. The molecule has 0 aromatic heterocycles. The van der Waals surface area contributed by atoms with Gasteiger partial charge in [-0.25, -0.2) is 4.99 Å². The van der Waals surface area contributed by atoms with Crippen LogP contribution >= 0.6 is 11.8 Å². The largest absolute Gasteiger partial charge is 0.491 e. The highest BCUT2D eigenvalue weighted by molar-refractivity contribution is 7.99. The molecular weight excluding hydrogens is 339 g/mol. The molecule has 4 nitrogen and oxygen atoms in total. The first-order chi connectivity index (χ1) is 11.3. The summed E-state index contributed by atoms with van der Waals surface area (Å²) in [6.45, 7) is 4.97. The Labute approximate surface area is 144 Å². The molecule has 0 unspecified atom stereocenters. The molecule has 2 N–H and O–H groups in total. The lowest BCUT2D eigenvalue weighted by molar-refractivity contribution is -0.138. The maximum absolute atomic E-state index is 13.3. The van der Waals surface area contributed by atoms with Crippen LogP contribution < -0.4 is 10.5 Å². The highest BCUT2D eigenvalue weighted by Gasteiger charge is 2.33. The molecule has 1 aromatic rings. The Bertz CT molecular complexity index is 584. The van der Waals surface area contributed by atoms with Crippen molar-refractivity contribution in [3.05, 3.63) is 29.3 Å². The van der Waals surface area contributed by atoms with Gasteiger partial charge in [-0.05, 0) is 31.5 Å². The number of thioether (sulfide) groups is 1. The molecule has 1 saturated heterocycles. The fourth-order valence-electron chi connectivity index (χ4n) is 2.36.